The van der Waals surface area contributed by atoms with E-state index in [4.69, 9.17) is 0 Å². The van der Waals surface area contributed by atoms with Crippen LogP contribution in [0.15, 0.2) is 23.8 Å². The summed E-state index contributed by atoms with van der Waals surface area (Å²) in [6.45, 7) is 7.82. The van der Waals surface area contributed by atoms with Crippen LogP contribution in [0, 0.1) is 11.3 Å². The summed E-state index contributed by atoms with van der Waals surface area (Å²) in [4.78, 5) is 10.9. The van der Waals surface area contributed by atoms with Crippen LogP contribution in [0.3, 0.4) is 0 Å². The van der Waals surface area contributed by atoms with E-state index in [1.807, 2.05) is 19.1 Å². The molecule has 2 heteroatoms. The van der Waals surface area contributed by atoms with E-state index in [0.717, 1.165) is 12.0 Å². The Morgan fingerprint density at radius 2 is 2.20 bits per heavy atom. The number of hydrogen-bond donors (Lipinski definition) is 1. The second-order valence-corrected chi connectivity index (χ2v) is 5.12. The zero-order valence-electron chi connectivity index (χ0n) is 9.95. The normalized spacial score (nSPS) is 30.3. The van der Waals surface area contributed by atoms with Gasteiger partial charge in [-0.15, -0.1) is 0 Å². The molecule has 0 saturated heterocycles. The number of aliphatic hydroxyl groups is 1. The summed E-state index contributed by atoms with van der Waals surface area (Å²) in [6.07, 6.45) is 5.88. The molecule has 0 saturated carbocycles. The molecule has 0 radical (unpaired) electrons. The number of carbonyl (C=O) groups is 1. The fourth-order valence-electron chi connectivity index (χ4n) is 2.39. The van der Waals surface area contributed by atoms with E-state index in [1.54, 1.807) is 13.0 Å². The molecule has 0 heterocycles. The van der Waals surface area contributed by atoms with Crippen molar-refractivity contribution in [2.45, 2.75) is 40.2 Å². The highest BCUT2D eigenvalue weighted by Crippen LogP contribution is 2.41. The average molecular weight is 208 g/mol. The Morgan fingerprint density at radius 3 is 2.67 bits per heavy atom. The van der Waals surface area contributed by atoms with E-state index >= 15 is 0 Å². The van der Waals surface area contributed by atoms with Crippen molar-refractivity contribution in [3.8, 4) is 0 Å². The lowest BCUT2D eigenvalue weighted by atomic mass is 9.68. The first kappa shape index (κ1) is 12.2. The molecule has 84 valence electrons. The third-order valence-electron chi connectivity index (χ3n) is 3.05. The van der Waals surface area contributed by atoms with Gasteiger partial charge in [0.25, 0.3) is 0 Å². The van der Waals surface area contributed by atoms with Crippen LogP contribution in [0.5, 0.6) is 0 Å². The molecule has 0 aromatic heterocycles. The molecule has 1 aliphatic carbocycles. The summed E-state index contributed by atoms with van der Waals surface area (Å²) in [5.41, 5.74) is 1.17. The van der Waals surface area contributed by atoms with Gasteiger partial charge in [-0.1, -0.05) is 31.6 Å². The van der Waals surface area contributed by atoms with Crippen molar-refractivity contribution in [3.63, 3.8) is 0 Å². The maximum atomic E-state index is 10.9. The standard InChI is InChI=1S/C13H20O2/c1-9-7-11(15)8-13(3,4)12(9)6-5-10(2)14/h5-7,11-12,15H,8H2,1-4H3/b6-5+/t11-,12?/m0/s1. The predicted octanol–water partition coefficient (Wildman–Crippen LogP) is 2.48. The van der Waals surface area contributed by atoms with Crippen LogP contribution in [-0.2, 0) is 4.79 Å². The lowest BCUT2D eigenvalue weighted by Crippen LogP contribution is -2.32. The Balaban J connectivity index is 2.94. The van der Waals surface area contributed by atoms with Crippen molar-refractivity contribution in [2.24, 2.45) is 11.3 Å². The summed E-state index contributed by atoms with van der Waals surface area (Å²) in [6, 6.07) is 0. The van der Waals surface area contributed by atoms with Crippen molar-refractivity contribution in [2.75, 3.05) is 0 Å². The fourth-order valence-corrected chi connectivity index (χ4v) is 2.39. The molecule has 1 unspecified atom stereocenters. The maximum absolute atomic E-state index is 10.9. The fraction of sp³-hybridized carbons (Fsp3) is 0.615. The van der Waals surface area contributed by atoms with Crippen molar-refractivity contribution in [1.29, 1.82) is 0 Å². The number of hydrogen-bond acceptors (Lipinski definition) is 2. The minimum atomic E-state index is -0.345. The Morgan fingerprint density at radius 1 is 1.60 bits per heavy atom. The highest BCUT2D eigenvalue weighted by molar-refractivity contribution is 5.87. The molecular formula is C13H20O2. The smallest absolute Gasteiger partial charge is 0.152 e. The Kier molecular flexibility index (Phi) is 3.50. The Hall–Kier alpha value is -0.890. The van der Waals surface area contributed by atoms with Crippen LogP contribution in [0.25, 0.3) is 0 Å². The number of rotatable bonds is 2. The molecule has 0 aromatic rings. The Bertz CT molecular complexity index is 310. The van der Waals surface area contributed by atoms with Crippen LogP contribution in [0.4, 0.5) is 0 Å². The number of carbonyl (C=O) groups excluding carboxylic acids is 1. The highest BCUT2D eigenvalue weighted by Gasteiger charge is 2.34. The van der Waals surface area contributed by atoms with Gasteiger partial charge >= 0.3 is 0 Å². The van der Waals surface area contributed by atoms with Gasteiger partial charge in [0.2, 0.25) is 0 Å². The first-order chi connectivity index (χ1) is 6.83. The molecule has 15 heavy (non-hydrogen) atoms. The van der Waals surface area contributed by atoms with Gasteiger partial charge in [0.15, 0.2) is 5.78 Å². The van der Waals surface area contributed by atoms with Gasteiger partial charge in [-0.3, -0.25) is 4.79 Å². The molecule has 1 N–H and O–H groups in total. The van der Waals surface area contributed by atoms with Gasteiger partial charge in [0.1, 0.15) is 0 Å². The number of allylic oxidation sites excluding steroid dienone is 3. The van der Waals surface area contributed by atoms with E-state index < -0.39 is 0 Å². The van der Waals surface area contributed by atoms with Gasteiger partial charge in [-0.25, -0.2) is 0 Å². The second kappa shape index (κ2) is 4.31. The van der Waals surface area contributed by atoms with Crippen molar-refractivity contribution < 1.29 is 9.90 Å². The third kappa shape index (κ3) is 3.03. The molecule has 0 amide bonds. The van der Waals surface area contributed by atoms with Crippen LogP contribution >= 0.6 is 0 Å². The predicted molar refractivity (Wildman–Crippen MR) is 61.5 cm³/mol. The molecule has 0 aromatic carbocycles. The molecule has 1 aliphatic rings. The topological polar surface area (TPSA) is 37.3 Å². The minimum Gasteiger partial charge on any atom is -0.389 e. The summed E-state index contributed by atoms with van der Waals surface area (Å²) < 4.78 is 0. The van der Waals surface area contributed by atoms with Crippen molar-refractivity contribution >= 4 is 5.78 Å². The van der Waals surface area contributed by atoms with E-state index in [-0.39, 0.29) is 23.2 Å². The zero-order valence-corrected chi connectivity index (χ0v) is 9.95. The highest BCUT2D eigenvalue weighted by atomic mass is 16.3. The minimum absolute atomic E-state index is 0.0181. The molecule has 0 bridgehead atoms. The Labute approximate surface area is 91.7 Å². The largest absolute Gasteiger partial charge is 0.389 e. The summed E-state index contributed by atoms with van der Waals surface area (Å²) in [5.74, 6) is 0.328. The summed E-state index contributed by atoms with van der Waals surface area (Å²) >= 11 is 0. The van der Waals surface area contributed by atoms with Crippen LogP contribution in [0.1, 0.15) is 34.1 Å². The lowest BCUT2D eigenvalue weighted by Gasteiger charge is -2.38. The maximum Gasteiger partial charge on any atom is 0.152 e. The third-order valence-corrected chi connectivity index (χ3v) is 3.05. The summed E-state index contributed by atoms with van der Waals surface area (Å²) in [5, 5.41) is 9.64. The second-order valence-electron chi connectivity index (χ2n) is 5.12. The first-order valence-electron chi connectivity index (χ1n) is 5.38. The van der Waals surface area contributed by atoms with Gasteiger partial charge in [-0.2, -0.15) is 0 Å². The van der Waals surface area contributed by atoms with E-state index in [0.29, 0.717) is 0 Å². The molecule has 0 spiro atoms. The monoisotopic (exact) mass is 208 g/mol. The molecule has 1 rings (SSSR count). The van der Waals surface area contributed by atoms with Crippen LogP contribution in [0.2, 0.25) is 0 Å². The van der Waals surface area contributed by atoms with Gasteiger partial charge < -0.3 is 5.11 Å². The lowest BCUT2D eigenvalue weighted by molar-refractivity contribution is -0.112. The number of ketones is 1. The van der Waals surface area contributed by atoms with E-state index in [9.17, 15) is 9.90 Å². The van der Waals surface area contributed by atoms with E-state index in [2.05, 4.69) is 13.8 Å². The SMILES string of the molecule is CC(=O)/C=C/C1C(C)=C[C@H](O)CC1(C)C. The van der Waals surface area contributed by atoms with Gasteiger partial charge in [0.05, 0.1) is 6.10 Å². The molecule has 2 nitrogen and oxygen atoms in total. The average Bonchev–Trinajstić information content (AvgIpc) is 1.98. The molecular weight excluding hydrogens is 188 g/mol. The molecule has 2 atom stereocenters. The molecule has 0 aliphatic heterocycles. The van der Waals surface area contributed by atoms with Crippen molar-refractivity contribution in [1.82, 2.24) is 0 Å². The van der Waals surface area contributed by atoms with Crippen LogP contribution in [-0.4, -0.2) is 17.0 Å². The van der Waals surface area contributed by atoms with Gasteiger partial charge in [-0.05, 0) is 31.8 Å². The van der Waals surface area contributed by atoms with Crippen molar-refractivity contribution in [3.05, 3.63) is 23.8 Å². The first-order valence-corrected chi connectivity index (χ1v) is 5.38. The van der Waals surface area contributed by atoms with Gasteiger partial charge in [0, 0.05) is 5.92 Å². The van der Waals surface area contributed by atoms with E-state index in [1.165, 1.54) is 0 Å². The zero-order chi connectivity index (χ0) is 11.6. The quantitative estimate of drug-likeness (QED) is 0.559. The van der Waals surface area contributed by atoms with Crippen LogP contribution < -0.4 is 0 Å². The summed E-state index contributed by atoms with van der Waals surface area (Å²) in [7, 11) is 0. The molecule has 0 fully saturated rings. The number of aliphatic hydroxyl groups excluding tert-OH is 1.